The van der Waals surface area contributed by atoms with Crippen LogP contribution in [0.1, 0.15) is 61.5 Å². The van der Waals surface area contributed by atoms with Gasteiger partial charge in [0.2, 0.25) is 0 Å². The number of likely N-dealkylation sites (tertiary alicyclic amines) is 1. The zero-order chi connectivity index (χ0) is 30.1. The van der Waals surface area contributed by atoms with Gasteiger partial charge in [-0.15, -0.1) is 0 Å². The summed E-state index contributed by atoms with van der Waals surface area (Å²) < 4.78 is 12.2. The van der Waals surface area contributed by atoms with Crippen LogP contribution in [-0.2, 0) is 11.8 Å². The van der Waals surface area contributed by atoms with Gasteiger partial charge in [-0.25, -0.2) is 0 Å². The predicted octanol–water partition coefficient (Wildman–Crippen LogP) is 5.90. The molecule has 0 saturated carbocycles. The number of anilines is 1. The fourth-order valence-corrected chi connectivity index (χ4v) is 5.82. The van der Waals surface area contributed by atoms with E-state index < -0.39 is 12.0 Å². The van der Waals surface area contributed by atoms with Gasteiger partial charge in [-0.2, -0.15) is 0 Å². The summed E-state index contributed by atoms with van der Waals surface area (Å²) >= 11 is 6.16. The monoisotopic (exact) mass is 594 g/mol. The van der Waals surface area contributed by atoms with E-state index in [1.165, 1.54) is 18.2 Å². The number of hydrogen-bond acceptors (Lipinski definition) is 7. The molecule has 1 atom stereocenters. The van der Waals surface area contributed by atoms with Gasteiger partial charge in [-0.1, -0.05) is 38.4 Å². The van der Waals surface area contributed by atoms with E-state index in [0.29, 0.717) is 17.3 Å². The van der Waals surface area contributed by atoms with Crippen LogP contribution in [0.3, 0.4) is 0 Å². The molecule has 3 aromatic carbocycles. The Morgan fingerprint density at radius 3 is 2.62 bits per heavy atom. The molecule has 2 aliphatic heterocycles. The number of phenols is 2. The summed E-state index contributed by atoms with van der Waals surface area (Å²) in [5.74, 6) is 0.436. The second-order valence-corrected chi connectivity index (χ2v) is 12.5. The van der Waals surface area contributed by atoms with Crippen molar-refractivity contribution in [3.63, 3.8) is 0 Å². The first-order valence-corrected chi connectivity index (χ1v) is 14.8. The first kappa shape index (κ1) is 30.0. The topological polar surface area (TPSA) is 111 Å². The maximum atomic E-state index is 13.2. The number of fused-ring (bicyclic) bond motifs is 1. The Morgan fingerprint density at radius 2 is 1.88 bits per heavy atom. The van der Waals surface area contributed by atoms with Crippen molar-refractivity contribution in [1.82, 2.24) is 4.90 Å². The second kappa shape index (κ2) is 12.0. The number of piperidine rings is 1. The molecule has 0 radical (unpaired) electrons. The average Bonchev–Trinajstić information content (AvgIpc) is 3.31. The lowest BCUT2D eigenvalue weighted by atomic mass is 9.82. The summed E-state index contributed by atoms with van der Waals surface area (Å²) in [5.41, 5.74) is 2.24. The minimum Gasteiger partial charge on any atom is -0.508 e. The molecule has 224 valence electrons. The lowest BCUT2D eigenvalue weighted by Gasteiger charge is -2.39. The summed E-state index contributed by atoms with van der Waals surface area (Å²) in [4.78, 5) is 15.4. The third kappa shape index (κ3) is 6.61. The number of amides is 1. The van der Waals surface area contributed by atoms with Gasteiger partial charge in [-0.05, 0) is 65.4 Å². The Bertz CT molecular complexity index is 1450. The quantitative estimate of drug-likeness (QED) is 0.228. The molecule has 4 N–H and O–H groups in total. The molecule has 0 unspecified atom stereocenters. The first-order chi connectivity index (χ1) is 20.0. The van der Waals surface area contributed by atoms with Crippen LogP contribution in [-0.4, -0.2) is 64.1 Å². The van der Waals surface area contributed by atoms with Gasteiger partial charge < -0.3 is 35.0 Å². The maximum absolute atomic E-state index is 13.2. The van der Waals surface area contributed by atoms with Crippen molar-refractivity contribution in [3.8, 4) is 23.0 Å². The van der Waals surface area contributed by atoms with E-state index in [2.05, 4.69) is 31.0 Å². The highest BCUT2D eigenvalue weighted by molar-refractivity contribution is 6.30. The van der Waals surface area contributed by atoms with Crippen LogP contribution in [0.2, 0.25) is 5.02 Å². The highest BCUT2D eigenvalue weighted by atomic mass is 35.5. The molecule has 3 aromatic rings. The standard InChI is InChI=1S/C33H39ClN2O6/c1-4-32(2,3)22-5-9-28(39)27(16-22)35-31(40)26-8-7-24(37)17-30(26)41-20-25(38)19-36-13-11-33(12-14-36)18-21-15-23(34)6-10-29(21)42-33/h5-10,15-17,25,37-39H,4,11-14,18-20H2,1-3H3,(H,35,40)/t25-/m1/s1. The fraction of sp³-hybridized carbons (Fsp3) is 0.424. The van der Waals surface area contributed by atoms with E-state index >= 15 is 0 Å². The van der Waals surface area contributed by atoms with Gasteiger partial charge in [0.25, 0.3) is 5.91 Å². The number of carbonyl (C=O) groups is 1. The van der Waals surface area contributed by atoms with Crippen LogP contribution in [0.25, 0.3) is 0 Å². The van der Waals surface area contributed by atoms with E-state index in [9.17, 15) is 20.1 Å². The van der Waals surface area contributed by atoms with Crippen molar-refractivity contribution in [3.05, 3.63) is 76.3 Å². The molecule has 9 heteroatoms. The number of hydrogen-bond donors (Lipinski definition) is 4. The second-order valence-electron chi connectivity index (χ2n) is 12.1. The predicted molar refractivity (Wildman–Crippen MR) is 163 cm³/mol. The molecular weight excluding hydrogens is 556 g/mol. The Kier molecular flexibility index (Phi) is 8.60. The van der Waals surface area contributed by atoms with Crippen molar-refractivity contribution < 1.29 is 29.6 Å². The van der Waals surface area contributed by atoms with E-state index in [1.807, 2.05) is 24.3 Å². The molecule has 42 heavy (non-hydrogen) atoms. The number of aliphatic hydroxyl groups is 1. The van der Waals surface area contributed by atoms with E-state index in [4.69, 9.17) is 21.1 Å². The number of carbonyl (C=O) groups excluding carboxylic acids is 1. The number of aromatic hydroxyl groups is 2. The average molecular weight is 595 g/mol. The van der Waals surface area contributed by atoms with Crippen molar-refractivity contribution in [1.29, 1.82) is 0 Å². The summed E-state index contributed by atoms with van der Waals surface area (Å²) in [7, 11) is 0. The van der Waals surface area contributed by atoms with Crippen molar-refractivity contribution in [2.45, 2.75) is 63.6 Å². The number of ether oxygens (including phenoxy) is 2. The van der Waals surface area contributed by atoms with Gasteiger partial charge in [0.15, 0.2) is 0 Å². The number of benzene rings is 3. The Labute approximate surface area is 251 Å². The molecule has 1 saturated heterocycles. The summed E-state index contributed by atoms with van der Waals surface area (Å²) in [6.07, 6.45) is 2.60. The lowest BCUT2D eigenvalue weighted by molar-refractivity contribution is -0.00200. The Balaban J connectivity index is 1.17. The van der Waals surface area contributed by atoms with E-state index in [0.717, 1.165) is 55.6 Å². The third-order valence-corrected chi connectivity index (χ3v) is 8.88. The number of β-amino-alcohol motifs (C(OH)–C–C–N with tert-alkyl or cyclic N) is 1. The molecule has 0 aliphatic carbocycles. The van der Waals surface area contributed by atoms with Crippen molar-refractivity contribution in [2.24, 2.45) is 0 Å². The Hall–Kier alpha value is -3.46. The molecule has 1 spiro atoms. The molecule has 0 aromatic heterocycles. The maximum Gasteiger partial charge on any atom is 0.259 e. The van der Waals surface area contributed by atoms with E-state index in [-0.39, 0.29) is 40.4 Å². The van der Waals surface area contributed by atoms with E-state index in [1.54, 1.807) is 12.1 Å². The molecule has 5 rings (SSSR count). The number of aliphatic hydroxyl groups excluding tert-OH is 1. The van der Waals surface area contributed by atoms with Gasteiger partial charge in [0, 0.05) is 50.0 Å². The number of phenolic OH excluding ortho intramolecular Hbond substituents is 2. The molecule has 8 nitrogen and oxygen atoms in total. The van der Waals surface area contributed by atoms with Gasteiger partial charge >= 0.3 is 0 Å². The molecule has 2 aliphatic rings. The summed E-state index contributed by atoms with van der Waals surface area (Å²) in [5, 5.41) is 34.7. The third-order valence-electron chi connectivity index (χ3n) is 8.65. The fourth-order valence-electron chi connectivity index (χ4n) is 5.63. The van der Waals surface area contributed by atoms with Crippen LogP contribution in [0, 0.1) is 0 Å². The normalized spacial score (nSPS) is 17.0. The van der Waals surface area contributed by atoms with Crippen LogP contribution < -0.4 is 14.8 Å². The minimum atomic E-state index is -0.810. The summed E-state index contributed by atoms with van der Waals surface area (Å²) in [6.45, 7) is 8.18. The van der Waals surface area contributed by atoms with Crippen LogP contribution in [0.15, 0.2) is 54.6 Å². The van der Waals surface area contributed by atoms with Crippen LogP contribution in [0.5, 0.6) is 23.0 Å². The van der Waals surface area contributed by atoms with Crippen LogP contribution >= 0.6 is 11.6 Å². The molecule has 0 bridgehead atoms. The lowest BCUT2D eigenvalue weighted by Crippen LogP contribution is -2.49. The number of nitrogens with zero attached hydrogens (tertiary/aromatic N) is 1. The molecule has 2 heterocycles. The minimum absolute atomic E-state index is 0.0466. The molecule has 1 amide bonds. The SMILES string of the molecule is CCC(C)(C)c1ccc(O)c(NC(=O)c2ccc(O)cc2OC[C@H](O)CN2CCC3(CC2)Cc2cc(Cl)ccc2O3)c1. The highest BCUT2D eigenvalue weighted by Crippen LogP contribution is 2.42. The zero-order valence-corrected chi connectivity index (χ0v) is 25.1. The van der Waals surface area contributed by atoms with Gasteiger partial charge in [0.05, 0.1) is 11.3 Å². The number of nitrogens with one attached hydrogen (secondary N) is 1. The molecule has 1 fully saturated rings. The Morgan fingerprint density at radius 1 is 1.12 bits per heavy atom. The van der Waals surface area contributed by atoms with Crippen molar-refractivity contribution in [2.75, 3.05) is 31.6 Å². The van der Waals surface area contributed by atoms with Gasteiger partial charge in [0.1, 0.15) is 41.3 Å². The van der Waals surface area contributed by atoms with Crippen molar-refractivity contribution >= 4 is 23.2 Å². The van der Waals surface area contributed by atoms with Gasteiger partial charge in [-0.3, -0.25) is 4.79 Å². The summed E-state index contributed by atoms with van der Waals surface area (Å²) in [6, 6.07) is 15.2. The number of rotatable bonds is 9. The van der Waals surface area contributed by atoms with Crippen LogP contribution in [0.4, 0.5) is 5.69 Å². The largest absolute Gasteiger partial charge is 0.508 e. The highest BCUT2D eigenvalue weighted by Gasteiger charge is 2.42. The first-order valence-electron chi connectivity index (χ1n) is 14.5. The smallest absolute Gasteiger partial charge is 0.259 e. The zero-order valence-electron chi connectivity index (χ0n) is 24.3. The molecular formula is C33H39ClN2O6. The number of halogens is 1.